The topological polar surface area (TPSA) is 94.6 Å². The van der Waals surface area contributed by atoms with Gasteiger partial charge in [-0.2, -0.15) is 0 Å². The van der Waals surface area contributed by atoms with Crippen molar-refractivity contribution in [3.63, 3.8) is 0 Å². The molecule has 0 atom stereocenters. The van der Waals surface area contributed by atoms with Crippen molar-refractivity contribution in [3.8, 4) is 11.5 Å². The summed E-state index contributed by atoms with van der Waals surface area (Å²) in [5.74, 6) is -0.521. The van der Waals surface area contributed by atoms with Crippen LogP contribution in [0.1, 0.15) is 15.9 Å². The molecule has 1 aromatic heterocycles. The fraction of sp³-hybridized carbons (Fsp3) is 0.200. The van der Waals surface area contributed by atoms with Crippen LogP contribution in [0.3, 0.4) is 0 Å². The highest BCUT2D eigenvalue weighted by atomic mass is 35.5. The minimum absolute atomic E-state index is 0.102. The lowest BCUT2D eigenvalue weighted by Gasteiger charge is -2.20. The van der Waals surface area contributed by atoms with Crippen molar-refractivity contribution < 1.29 is 22.7 Å². The van der Waals surface area contributed by atoms with Crippen molar-refractivity contribution in [2.45, 2.75) is 5.75 Å². The molecule has 0 aliphatic carbocycles. The molecule has 2 heterocycles. The quantitative estimate of drug-likeness (QED) is 0.826. The molecule has 0 bridgehead atoms. The fourth-order valence-corrected chi connectivity index (χ4v) is 3.38. The highest BCUT2D eigenvalue weighted by Gasteiger charge is 2.24. The van der Waals surface area contributed by atoms with E-state index >= 15 is 0 Å². The van der Waals surface area contributed by atoms with Crippen LogP contribution in [0.15, 0.2) is 36.5 Å². The third-order valence-corrected chi connectivity index (χ3v) is 4.64. The molecule has 1 aliphatic heterocycles. The zero-order valence-electron chi connectivity index (χ0n) is 12.4. The van der Waals surface area contributed by atoms with Gasteiger partial charge in [0.15, 0.2) is 11.5 Å². The number of nitrogens with zero attached hydrogens (tertiary/aromatic N) is 1. The molecule has 1 aliphatic rings. The first kappa shape index (κ1) is 16.5. The number of carbonyl (C=O) groups excluding carboxylic acids is 1. The minimum Gasteiger partial charge on any atom is -0.486 e. The molecule has 126 valence electrons. The molecule has 0 saturated heterocycles. The highest BCUT2D eigenvalue weighted by molar-refractivity contribution is 7.89. The SMILES string of the molecule is O=C(NS(=O)(=O)Cc1ccc(Cl)nc1)c1cccc2c1OCCO2. The number of pyridine rings is 1. The van der Waals surface area contributed by atoms with Gasteiger partial charge < -0.3 is 9.47 Å². The van der Waals surface area contributed by atoms with E-state index in [0.29, 0.717) is 24.5 Å². The molecule has 0 radical (unpaired) electrons. The maximum Gasteiger partial charge on any atom is 0.268 e. The molecule has 1 aromatic carbocycles. The Kier molecular flexibility index (Phi) is 4.59. The van der Waals surface area contributed by atoms with Crippen LogP contribution >= 0.6 is 11.6 Å². The van der Waals surface area contributed by atoms with E-state index in [1.807, 2.05) is 4.72 Å². The number of rotatable bonds is 4. The number of halogens is 1. The summed E-state index contributed by atoms with van der Waals surface area (Å²) >= 11 is 5.66. The first-order chi connectivity index (χ1) is 11.4. The molecule has 0 fully saturated rings. The normalized spacial score (nSPS) is 13.4. The Morgan fingerprint density at radius 1 is 1.21 bits per heavy atom. The van der Waals surface area contributed by atoms with E-state index < -0.39 is 21.7 Å². The molecule has 0 saturated carbocycles. The van der Waals surface area contributed by atoms with Crippen LogP contribution in [0, 0.1) is 0 Å². The van der Waals surface area contributed by atoms with Crippen LogP contribution in [0.25, 0.3) is 0 Å². The molecule has 9 heteroatoms. The second-order valence-electron chi connectivity index (χ2n) is 5.01. The smallest absolute Gasteiger partial charge is 0.268 e. The zero-order valence-corrected chi connectivity index (χ0v) is 13.9. The van der Waals surface area contributed by atoms with Crippen molar-refractivity contribution in [2.75, 3.05) is 13.2 Å². The summed E-state index contributed by atoms with van der Waals surface area (Å²) in [6, 6.07) is 7.73. The van der Waals surface area contributed by atoms with Gasteiger partial charge in [-0.3, -0.25) is 4.79 Å². The van der Waals surface area contributed by atoms with Gasteiger partial charge in [-0.05, 0) is 23.8 Å². The van der Waals surface area contributed by atoms with Gasteiger partial charge in [0.25, 0.3) is 5.91 Å². The van der Waals surface area contributed by atoms with Crippen LogP contribution in [-0.2, 0) is 15.8 Å². The summed E-state index contributed by atoms with van der Waals surface area (Å²) < 4.78 is 37.2. The molecule has 2 aromatic rings. The number of aromatic nitrogens is 1. The van der Waals surface area contributed by atoms with E-state index in [1.165, 1.54) is 24.4 Å². The van der Waals surface area contributed by atoms with Gasteiger partial charge in [0.1, 0.15) is 18.4 Å². The number of ether oxygens (including phenoxy) is 2. The first-order valence-corrected chi connectivity index (χ1v) is 9.01. The fourth-order valence-electron chi connectivity index (χ4n) is 2.20. The van der Waals surface area contributed by atoms with Crippen molar-refractivity contribution in [1.29, 1.82) is 0 Å². The second-order valence-corrected chi connectivity index (χ2v) is 7.12. The van der Waals surface area contributed by atoms with Gasteiger partial charge in [-0.15, -0.1) is 0 Å². The molecular formula is C15H13ClN2O5S. The Bertz CT molecular complexity index is 868. The highest BCUT2D eigenvalue weighted by Crippen LogP contribution is 2.33. The van der Waals surface area contributed by atoms with E-state index in [4.69, 9.17) is 21.1 Å². The van der Waals surface area contributed by atoms with E-state index in [-0.39, 0.29) is 16.5 Å². The summed E-state index contributed by atoms with van der Waals surface area (Å²) in [5, 5.41) is 0.258. The predicted molar refractivity (Wildman–Crippen MR) is 86.8 cm³/mol. The summed E-state index contributed by atoms with van der Waals surface area (Å²) in [4.78, 5) is 16.1. The van der Waals surface area contributed by atoms with E-state index in [1.54, 1.807) is 12.1 Å². The minimum atomic E-state index is -3.90. The lowest BCUT2D eigenvalue weighted by Crippen LogP contribution is -2.32. The molecule has 0 spiro atoms. The molecule has 24 heavy (non-hydrogen) atoms. The van der Waals surface area contributed by atoms with Crippen molar-refractivity contribution in [3.05, 3.63) is 52.8 Å². The lowest BCUT2D eigenvalue weighted by atomic mass is 10.1. The maximum absolute atomic E-state index is 12.3. The van der Waals surface area contributed by atoms with Gasteiger partial charge in [-0.25, -0.2) is 18.1 Å². The molecule has 7 nitrogen and oxygen atoms in total. The Labute approximate surface area is 143 Å². The molecule has 0 unspecified atom stereocenters. The number of benzene rings is 1. The van der Waals surface area contributed by atoms with Crippen molar-refractivity contribution >= 4 is 27.5 Å². The summed E-state index contributed by atoms with van der Waals surface area (Å²) in [6.07, 6.45) is 1.34. The summed E-state index contributed by atoms with van der Waals surface area (Å²) in [7, 11) is -3.90. The van der Waals surface area contributed by atoms with Crippen LogP contribution in [-0.4, -0.2) is 32.5 Å². The largest absolute Gasteiger partial charge is 0.486 e. The standard InChI is InChI=1S/C15H13ClN2O5S/c16-13-5-4-10(8-17-13)9-24(20,21)18-15(19)11-2-1-3-12-14(11)23-7-6-22-12/h1-5,8H,6-7,9H2,(H,18,19). The molecular weight excluding hydrogens is 356 g/mol. The van der Waals surface area contributed by atoms with Gasteiger partial charge >= 0.3 is 0 Å². The molecule has 1 N–H and O–H groups in total. The molecule has 3 rings (SSSR count). The van der Waals surface area contributed by atoms with Crippen LogP contribution < -0.4 is 14.2 Å². The van der Waals surface area contributed by atoms with E-state index in [0.717, 1.165) is 0 Å². The molecule has 1 amide bonds. The van der Waals surface area contributed by atoms with Crippen molar-refractivity contribution in [1.82, 2.24) is 9.71 Å². The number of nitrogens with one attached hydrogen (secondary N) is 1. The number of carbonyl (C=O) groups is 1. The van der Waals surface area contributed by atoms with Crippen LogP contribution in [0.2, 0.25) is 5.15 Å². The number of hydrogen-bond donors (Lipinski definition) is 1. The predicted octanol–water partition coefficient (Wildman–Crippen LogP) is 1.77. The maximum atomic E-state index is 12.3. The monoisotopic (exact) mass is 368 g/mol. The Hall–Kier alpha value is -2.32. The third kappa shape index (κ3) is 3.77. The second kappa shape index (κ2) is 6.66. The van der Waals surface area contributed by atoms with E-state index in [2.05, 4.69) is 4.98 Å². The van der Waals surface area contributed by atoms with Crippen LogP contribution in [0.5, 0.6) is 11.5 Å². The summed E-state index contributed by atoms with van der Waals surface area (Å²) in [6.45, 7) is 0.667. The average molecular weight is 369 g/mol. The van der Waals surface area contributed by atoms with Gasteiger partial charge in [0.2, 0.25) is 10.0 Å². The Morgan fingerprint density at radius 3 is 2.75 bits per heavy atom. The van der Waals surface area contributed by atoms with Gasteiger partial charge in [-0.1, -0.05) is 23.7 Å². The number of fused-ring (bicyclic) bond motifs is 1. The van der Waals surface area contributed by atoms with E-state index in [9.17, 15) is 13.2 Å². The Morgan fingerprint density at radius 2 is 2.00 bits per heavy atom. The third-order valence-electron chi connectivity index (χ3n) is 3.20. The number of amides is 1. The van der Waals surface area contributed by atoms with Crippen molar-refractivity contribution in [2.24, 2.45) is 0 Å². The Balaban J connectivity index is 1.78. The first-order valence-electron chi connectivity index (χ1n) is 6.98. The number of hydrogen-bond acceptors (Lipinski definition) is 6. The average Bonchev–Trinajstić information content (AvgIpc) is 2.55. The number of sulfonamides is 1. The van der Waals surface area contributed by atoms with Gasteiger partial charge in [0, 0.05) is 6.20 Å². The lowest BCUT2D eigenvalue weighted by molar-refractivity contribution is 0.0970. The van der Waals surface area contributed by atoms with Crippen LogP contribution in [0.4, 0.5) is 0 Å². The zero-order chi connectivity index (χ0) is 17.2. The van der Waals surface area contributed by atoms with Gasteiger partial charge in [0.05, 0.1) is 11.3 Å². The summed E-state index contributed by atoms with van der Waals surface area (Å²) in [5.41, 5.74) is 0.513. The number of para-hydroxylation sites is 1.